The number of rotatable bonds is 4. The second kappa shape index (κ2) is 5.80. The van der Waals surface area contributed by atoms with E-state index in [0.717, 1.165) is 0 Å². The number of nitrogens with one attached hydrogen (secondary N) is 1. The molecule has 1 fully saturated rings. The van der Waals surface area contributed by atoms with Crippen molar-refractivity contribution >= 4 is 11.3 Å². The molecule has 0 saturated heterocycles. The van der Waals surface area contributed by atoms with E-state index in [0.29, 0.717) is 18.2 Å². The summed E-state index contributed by atoms with van der Waals surface area (Å²) in [5.74, 6) is 0. The molecule has 1 aromatic rings. The Hall–Kier alpha value is -0.380. The van der Waals surface area contributed by atoms with Gasteiger partial charge in [0.05, 0.1) is 6.10 Å². The first-order chi connectivity index (χ1) is 7.81. The number of methoxy groups -OCH3 is 1. The van der Waals surface area contributed by atoms with Crippen molar-refractivity contribution in [2.45, 2.75) is 50.8 Å². The summed E-state index contributed by atoms with van der Waals surface area (Å²) in [5, 5.41) is 5.85. The van der Waals surface area contributed by atoms with E-state index < -0.39 is 0 Å². The molecule has 90 valence electrons. The van der Waals surface area contributed by atoms with Crippen molar-refractivity contribution in [2.75, 3.05) is 7.11 Å². The lowest BCUT2D eigenvalue weighted by Gasteiger charge is -2.33. The van der Waals surface area contributed by atoms with Crippen molar-refractivity contribution in [1.29, 1.82) is 0 Å². The Morgan fingerprint density at radius 1 is 1.44 bits per heavy atom. The van der Waals surface area contributed by atoms with Crippen LogP contribution in [-0.4, -0.2) is 19.3 Å². The molecule has 0 amide bonds. The normalized spacial score (nSPS) is 27.9. The van der Waals surface area contributed by atoms with Crippen LogP contribution in [0.2, 0.25) is 0 Å². The number of hydrogen-bond acceptors (Lipinski definition) is 3. The van der Waals surface area contributed by atoms with E-state index in [2.05, 4.69) is 29.8 Å². The van der Waals surface area contributed by atoms with E-state index in [1.165, 1.54) is 30.6 Å². The highest BCUT2D eigenvalue weighted by Crippen LogP contribution is 2.25. The Bertz CT molecular complexity index is 299. The van der Waals surface area contributed by atoms with Crippen LogP contribution in [0.4, 0.5) is 0 Å². The minimum absolute atomic E-state index is 0.399. The van der Waals surface area contributed by atoms with Gasteiger partial charge < -0.3 is 10.1 Å². The zero-order chi connectivity index (χ0) is 11.4. The monoisotopic (exact) mass is 239 g/mol. The van der Waals surface area contributed by atoms with Gasteiger partial charge in [0.15, 0.2) is 0 Å². The van der Waals surface area contributed by atoms with Crippen LogP contribution < -0.4 is 5.32 Å². The first kappa shape index (κ1) is 12.1. The Labute approximate surface area is 102 Å². The molecule has 2 nitrogen and oxygen atoms in total. The molecule has 1 aromatic heterocycles. The van der Waals surface area contributed by atoms with E-state index >= 15 is 0 Å². The molecule has 0 aromatic carbocycles. The third-order valence-electron chi connectivity index (χ3n) is 3.44. The van der Waals surface area contributed by atoms with Gasteiger partial charge in [-0.1, -0.05) is 18.9 Å². The zero-order valence-corrected chi connectivity index (χ0v) is 10.9. The van der Waals surface area contributed by atoms with Crippen molar-refractivity contribution in [3.8, 4) is 0 Å². The molecular formula is C13H21NOS. The average Bonchev–Trinajstić information content (AvgIpc) is 2.83. The van der Waals surface area contributed by atoms with Crippen LogP contribution in [0.5, 0.6) is 0 Å². The first-order valence-corrected chi connectivity index (χ1v) is 7.01. The fourth-order valence-electron chi connectivity index (χ4n) is 2.51. The van der Waals surface area contributed by atoms with Gasteiger partial charge in [-0.3, -0.25) is 0 Å². The highest BCUT2D eigenvalue weighted by Gasteiger charge is 2.26. The van der Waals surface area contributed by atoms with E-state index in [1.807, 2.05) is 18.4 Å². The molecule has 0 bridgehead atoms. The second-order valence-electron chi connectivity index (χ2n) is 4.57. The average molecular weight is 239 g/mol. The summed E-state index contributed by atoms with van der Waals surface area (Å²) in [6.45, 7) is 2.24. The summed E-state index contributed by atoms with van der Waals surface area (Å²) in [5.41, 5.74) is 0. The van der Waals surface area contributed by atoms with Gasteiger partial charge in [0.2, 0.25) is 0 Å². The molecule has 1 saturated carbocycles. The van der Waals surface area contributed by atoms with Gasteiger partial charge in [-0.05, 0) is 31.2 Å². The molecular weight excluding hydrogens is 218 g/mol. The molecule has 1 aliphatic carbocycles. The first-order valence-electron chi connectivity index (χ1n) is 6.13. The third-order valence-corrected chi connectivity index (χ3v) is 4.49. The summed E-state index contributed by atoms with van der Waals surface area (Å²) >= 11 is 1.83. The van der Waals surface area contributed by atoms with Gasteiger partial charge in [-0.25, -0.2) is 0 Å². The molecule has 0 aliphatic heterocycles. The van der Waals surface area contributed by atoms with Crippen LogP contribution in [0.15, 0.2) is 17.5 Å². The zero-order valence-electron chi connectivity index (χ0n) is 10.1. The van der Waals surface area contributed by atoms with Gasteiger partial charge >= 0.3 is 0 Å². The van der Waals surface area contributed by atoms with Crippen LogP contribution in [0.1, 0.15) is 43.5 Å². The van der Waals surface area contributed by atoms with Crippen LogP contribution >= 0.6 is 11.3 Å². The Morgan fingerprint density at radius 3 is 2.94 bits per heavy atom. The predicted octanol–water partition coefficient (Wildman–Crippen LogP) is 3.36. The highest BCUT2D eigenvalue weighted by molar-refractivity contribution is 7.10. The van der Waals surface area contributed by atoms with Crippen LogP contribution in [0, 0.1) is 0 Å². The molecule has 3 unspecified atom stereocenters. The summed E-state index contributed by atoms with van der Waals surface area (Å²) in [6, 6.07) is 5.29. The van der Waals surface area contributed by atoms with E-state index in [-0.39, 0.29) is 0 Å². The van der Waals surface area contributed by atoms with Gasteiger partial charge in [-0.15, -0.1) is 11.3 Å². The minimum atomic E-state index is 0.399. The molecule has 16 heavy (non-hydrogen) atoms. The summed E-state index contributed by atoms with van der Waals surface area (Å²) < 4.78 is 5.56. The maximum absolute atomic E-state index is 5.56. The molecule has 0 radical (unpaired) electrons. The molecule has 1 aliphatic rings. The standard InChI is InChI=1S/C13H21NOS/c1-10(13-8-5-9-16-13)14-11-6-3-4-7-12(11)15-2/h5,8-12,14H,3-4,6-7H2,1-2H3. The lowest BCUT2D eigenvalue weighted by molar-refractivity contribution is 0.0385. The predicted molar refractivity (Wildman–Crippen MR) is 68.9 cm³/mol. The molecule has 2 rings (SSSR count). The largest absolute Gasteiger partial charge is 0.380 e. The Balaban J connectivity index is 1.92. The summed E-state index contributed by atoms with van der Waals surface area (Å²) in [6.07, 6.45) is 5.48. The molecule has 3 atom stereocenters. The topological polar surface area (TPSA) is 21.3 Å². The van der Waals surface area contributed by atoms with Crippen molar-refractivity contribution in [2.24, 2.45) is 0 Å². The van der Waals surface area contributed by atoms with Crippen molar-refractivity contribution < 1.29 is 4.74 Å². The van der Waals surface area contributed by atoms with Crippen molar-refractivity contribution in [1.82, 2.24) is 5.32 Å². The van der Waals surface area contributed by atoms with Crippen LogP contribution in [-0.2, 0) is 4.74 Å². The fourth-order valence-corrected chi connectivity index (χ4v) is 3.25. The Morgan fingerprint density at radius 2 is 2.25 bits per heavy atom. The Kier molecular flexibility index (Phi) is 4.38. The van der Waals surface area contributed by atoms with E-state index in [1.54, 1.807) is 0 Å². The van der Waals surface area contributed by atoms with Crippen LogP contribution in [0.25, 0.3) is 0 Å². The lowest BCUT2D eigenvalue weighted by atomic mass is 9.92. The number of thiophene rings is 1. The molecule has 1 N–H and O–H groups in total. The molecule has 1 heterocycles. The van der Waals surface area contributed by atoms with Gasteiger partial charge in [-0.2, -0.15) is 0 Å². The van der Waals surface area contributed by atoms with Crippen LogP contribution in [0.3, 0.4) is 0 Å². The SMILES string of the molecule is COC1CCCCC1NC(C)c1cccs1. The van der Waals surface area contributed by atoms with Gasteiger partial charge in [0.1, 0.15) is 0 Å². The maximum atomic E-state index is 5.56. The second-order valence-corrected chi connectivity index (χ2v) is 5.55. The third kappa shape index (κ3) is 2.84. The maximum Gasteiger partial charge on any atom is 0.0724 e. The molecule has 0 spiro atoms. The summed E-state index contributed by atoms with van der Waals surface area (Å²) in [4.78, 5) is 1.42. The highest BCUT2D eigenvalue weighted by atomic mass is 32.1. The van der Waals surface area contributed by atoms with Crippen molar-refractivity contribution in [3.05, 3.63) is 22.4 Å². The van der Waals surface area contributed by atoms with Crippen molar-refractivity contribution in [3.63, 3.8) is 0 Å². The smallest absolute Gasteiger partial charge is 0.0724 e. The van der Waals surface area contributed by atoms with E-state index in [9.17, 15) is 0 Å². The fraction of sp³-hybridized carbons (Fsp3) is 0.692. The number of hydrogen-bond donors (Lipinski definition) is 1. The van der Waals surface area contributed by atoms with Gasteiger partial charge in [0.25, 0.3) is 0 Å². The quantitative estimate of drug-likeness (QED) is 0.870. The number of ether oxygens (including phenoxy) is 1. The van der Waals surface area contributed by atoms with E-state index in [4.69, 9.17) is 4.74 Å². The lowest BCUT2D eigenvalue weighted by Crippen LogP contribution is -2.43. The minimum Gasteiger partial charge on any atom is -0.380 e. The summed E-state index contributed by atoms with van der Waals surface area (Å²) in [7, 11) is 1.83. The molecule has 3 heteroatoms. The van der Waals surface area contributed by atoms with Gasteiger partial charge in [0, 0.05) is 24.1 Å².